The third-order valence-electron chi connectivity index (χ3n) is 4.29. The Morgan fingerprint density at radius 3 is 2.44 bits per heavy atom. The number of nitrogens with zero attached hydrogens (tertiary/aromatic N) is 3. The van der Waals surface area contributed by atoms with Crippen LogP contribution in [0.5, 0.6) is 0 Å². The molecule has 0 aliphatic rings. The molecule has 1 aromatic heterocycles. The maximum atomic E-state index is 12.8. The average molecular weight is 504 g/mol. The lowest BCUT2D eigenvalue weighted by Crippen LogP contribution is -2.37. The maximum Gasteiger partial charge on any atom is 0.416 e. The van der Waals surface area contributed by atoms with E-state index in [1.54, 1.807) is 13.0 Å². The van der Waals surface area contributed by atoms with Crippen LogP contribution in [0, 0.1) is 6.92 Å². The van der Waals surface area contributed by atoms with E-state index < -0.39 is 34.2 Å². The third kappa shape index (κ3) is 7.48. The summed E-state index contributed by atoms with van der Waals surface area (Å²) in [6, 6.07) is 6.84. The Morgan fingerprint density at radius 2 is 1.85 bits per heavy atom. The maximum absolute atomic E-state index is 12.8. The number of pyridine rings is 1. The highest BCUT2D eigenvalue weighted by Gasteiger charge is 2.30. The topological polar surface area (TPSA) is 157 Å². The predicted molar refractivity (Wildman–Crippen MR) is 119 cm³/mol. The molecular formula is C19H24F3N7O4S. The standard InChI is InChI=1S/C19H24F3N7O4S/c1-12-3-8-15(17(31)29(12)11-16(30)25-9-10-33-27-18(23)24)26-28(2)34(32)14-6-4-13(5-7-14)19(20,21)22/h3-8,26H,9-11H2,1-2H3,(H,25,30)(H4,23,24,27). The molecule has 34 heavy (non-hydrogen) atoms. The van der Waals surface area contributed by atoms with Gasteiger partial charge in [-0.1, -0.05) is 0 Å². The fraction of sp³-hybridized carbons (Fsp3) is 0.316. The molecule has 0 fully saturated rings. The van der Waals surface area contributed by atoms with Crippen molar-refractivity contribution in [1.82, 2.24) is 14.3 Å². The van der Waals surface area contributed by atoms with Crippen LogP contribution in [0.1, 0.15) is 11.3 Å². The lowest BCUT2D eigenvalue weighted by atomic mass is 10.2. The molecule has 0 saturated heterocycles. The van der Waals surface area contributed by atoms with Crippen molar-refractivity contribution in [3.8, 4) is 0 Å². The largest absolute Gasteiger partial charge is 0.416 e. The second-order valence-corrected chi connectivity index (χ2v) is 8.38. The summed E-state index contributed by atoms with van der Waals surface area (Å²) in [6.07, 6.45) is -4.51. The van der Waals surface area contributed by atoms with Gasteiger partial charge in [-0.2, -0.15) is 13.2 Å². The summed E-state index contributed by atoms with van der Waals surface area (Å²) < 4.78 is 53.1. The van der Waals surface area contributed by atoms with Gasteiger partial charge in [0.15, 0.2) is 0 Å². The quantitative estimate of drug-likeness (QED) is 0.159. The number of benzene rings is 1. The van der Waals surface area contributed by atoms with Crippen molar-refractivity contribution >= 4 is 28.5 Å². The fourth-order valence-corrected chi connectivity index (χ4v) is 3.50. The van der Waals surface area contributed by atoms with Gasteiger partial charge in [-0.3, -0.25) is 9.59 Å². The van der Waals surface area contributed by atoms with Gasteiger partial charge in [0, 0.05) is 12.7 Å². The summed E-state index contributed by atoms with van der Waals surface area (Å²) in [4.78, 5) is 29.8. The molecule has 6 N–H and O–H groups in total. The minimum atomic E-state index is -4.51. The Labute approximate surface area is 195 Å². The first-order valence-electron chi connectivity index (χ1n) is 9.67. The first-order valence-corrected chi connectivity index (χ1v) is 10.8. The van der Waals surface area contributed by atoms with Gasteiger partial charge in [-0.15, -0.1) is 4.41 Å². The van der Waals surface area contributed by atoms with Crippen molar-refractivity contribution in [3.63, 3.8) is 0 Å². The molecule has 11 nitrogen and oxygen atoms in total. The van der Waals surface area contributed by atoms with Crippen molar-refractivity contribution in [3.05, 3.63) is 58.0 Å². The number of guanidine groups is 1. The molecule has 0 saturated carbocycles. The normalized spacial score (nSPS) is 12.2. The highest BCUT2D eigenvalue weighted by molar-refractivity contribution is 7.82. The molecule has 0 bridgehead atoms. The molecule has 0 radical (unpaired) electrons. The number of carbonyl (C=O) groups excluding carboxylic acids is 1. The molecule has 2 rings (SSSR count). The van der Waals surface area contributed by atoms with E-state index >= 15 is 0 Å². The molecule has 0 spiro atoms. The van der Waals surface area contributed by atoms with Gasteiger partial charge in [-0.05, 0) is 48.5 Å². The van der Waals surface area contributed by atoms with E-state index in [1.807, 2.05) is 0 Å². The molecular weight excluding hydrogens is 479 g/mol. The zero-order valence-electron chi connectivity index (χ0n) is 18.3. The van der Waals surface area contributed by atoms with Crippen LogP contribution >= 0.6 is 0 Å². The van der Waals surface area contributed by atoms with Crippen LogP contribution in [0.4, 0.5) is 18.9 Å². The van der Waals surface area contributed by atoms with Crippen molar-refractivity contribution in [1.29, 1.82) is 0 Å². The van der Waals surface area contributed by atoms with Crippen LogP contribution in [0.2, 0.25) is 0 Å². The molecule has 2 aromatic rings. The summed E-state index contributed by atoms with van der Waals surface area (Å²) in [7, 11) is -0.558. The second-order valence-electron chi connectivity index (χ2n) is 6.86. The SMILES string of the molecule is Cc1ccc(NN(C)S(=O)c2ccc(C(F)(F)F)cc2)c(=O)n1CC(=O)NCCON=C(N)N. The molecule has 0 aliphatic carbocycles. The van der Waals surface area contributed by atoms with Crippen LogP contribution in [0.25, 0.3) is 0 Å². The van der Waals surface area contributed by atoms with E-state index in [1.165, 1.54) is 17.7 Å². The Morgan fingerprint density at radius 1 is 1.21 bits per heavy atom. The number of oxime groups is 1. The second kappa shape index (κ2) is 11.5. The third-order valence-corrected chi connectivity index (χ3v) is 5.55. The number of hydrazine groups is 1. The molecule has 1 aromatic carbocycles. The van der Waals surface area contributed by atoms with E-state index in [-0.39, 0.29) is 36.2 Å². The van der Waals surface area contributed by atoms with Crippen LogP contribution in [0.15, 0.2) is 51.2 Å². The number of hydrogen-bond donors (Lipinski definition) is 4. The number of nitrogens with one attached hydrogen (secondary N) is 2. The number of carbonyl (C=O) groups is 1. The van der Waals surface area contributed by atoms with Crippen LogP contribution in [-0.2, 0) is 33.3 Å². The Hall–Kier alpha value is -3.59. The van der Waals surface area contributed by atoms with E-state index in [9.17, 15) is 27.0 Å². The van der Waals surface area contributed by atoms with Gasteiger partial charge in [0.1, 0.15) is 29.8 Å². The van der Waals surface area contributed by atoms with Crippen molar-refractivity contribution in [2.75, 3.05) is 25.6 Å². The summed E-state index contributed by atoms with van der Waals surface area (Å²) in [5.41, 5.74) is 11.9. The van der Waals surface area contributed by atoms with Gasteiger partial charge in [0.05, 0.1) is 17.0 Å². The number of hydrogen-bond acceptors (Lipinski definition) is 6. The average Bonchev–Trinajstić information content (AvgIpc) is 2.77. The Kier molecular flexibility index (Phi) is 9.03. The van der Waals surface area contributed by atoms with Crippen molar-refractivity contribution in [2.24, 2.45) is 16.6 Å². The number of rotatable bonds is 10. The van der Waals surface area contributed by atoms with E-state index in [0.29, 0.717) is 5.69 Å². The molecule has 15 heteroatoms. The number of nitrogens with two attached hydrogens (primary N) is 2. The summed E-state index contributed by atoms with van der Waals surface area (Å²) >= 11 is 0. The minimum Gasteiger partial charge on any atom is -0.391 e. The van der Waals surface area contributed by atoms with Gasteiger partial charge < -0.3 is 31.6 Å². The van der Waals surface area contributed by atoms with E-state index in [0.717, 1.165) is 28.7 Å². The van der Waals surface area contributed by atoms with Crippen LogP contribution < -0.4 is 27.8 Å². The lowest BCUT2D eigenvalue weighted by molar-refractivity contribution is -0.137. The van der Waals surface area contributed by atoms with Gasteiger partial charge in [0.2, 0.25) is 11.9 Å². The number of amides is 1. The summed E-state index contributed by atoms with van der Waals surface area (Å²) in [6.45, 7) is 1.44. The molecule has 1 heterocycles. The summed E-state index contributed by atoms with van der Waals surface area (Å²) in [5.74, 6) is -0.737. The zero-order valence-corrected chi connectivity index (χ0v) is 19.1. The molecule has 1 atom stereocenters. The van der Waals surface area contributed by atoms with E-state index in [2.05, 4.69) is 15.9 Å². The first kappa shape index (κ1) is 26.7. The molecule has 0 aliphatic heterocycles. The molecule has 186 valence electrons. The fourth-order valence-electron chi connectivity index (χ4n) is 2.64. The minimum absolute atomic E-state index is 0.0113. The monoisotopic (exact) mass is 503 g/mol. The predicted octanol–water partition coefficient (Wildman–Crippen LogP) is 0.478. The van der Waals surface area contributed by atoms with Gasteiger partial charge in [-0.25, -0.2) is 4.21 Å². The number of aromatic nitrogens is 1. The van der Waals surface area contributed by atoms with Gasteiger partial charge in [0.25, 0.3) is 5.56 Å². The van der Waals surface area contributed by atoms with Crippen molar-refractivity contribution < 1.29 is 27.0 Å². The highest BCUT2D eigenvalue weighted by Crippen LogP contribution is 2.29. The first-order chi connectivity index (χ1) is 15.9. The molecule has 1 unspecified atom stereocenters. The number of anilines is 1. The highest BCUT2D eigenvalue weighted by atomic mass is 32.2. The number of aryl methyl sites for hydroxylation is 1. The van der Waals surface area contributed by atoms with E-state index in [4.69, 9.17) is 16.3 Å². The van der Waals surface area contributed by atoms with Crippen molar-refractivity contribution in [2.45, 2.75) is 24.5 Å². The Balaban J connectivity index is 2.05. The number of halogens is 3. The zero-order chi connectivity index (χ0) is 25.5. The molecule has 1 amide bonds. The Bertz CT molecular complexity index is 1120. The smallest absolute Gasteiger partial charge is 0.391 e. The van der Waals surface area contributed by atoms with Crippen LogP contribution in [-0.4, -0.2) is 45.3 Å². The number of alkyl halides is 3. The van der Waals surface area contributed by atoms with Crippen LogP contribution in [0.3, 0.4) is 0 Å². The van der Waals surface area contributed by atoms with Gasteiger partial charge >= 0.3 is 6.18 Å². The summed E-state index contributed by atoms with van der Waals surface area (Å²) in [5, 5.41) is 5.84. The lowest BCUT2D eigenvalue weighted by Gasteiger charge is -2.19.